The predicted octanol–water partition coefficient (Wildman–Crippen LogP) is 1.70. The highest BCUT2D eigenvalue weighted by atomic mass is 16.6. The van der Waals surface area contributed by atoms with Crippen molar-refractivity contribution in [3.05, 3.63) is 0 Å². The molecule has 2 aliphatic heterocycles. The zero-order valence-electron chi connectivity index (χ0n) is 13.0. The number of aliphatic hydroxyl groups is 1. The van der Waals surface area contributed by atoms with Gasteiger partial charge in [0.15, 0.2) is 0 Å². The molecule has 1 atom stereocenters. The number of piperidine rings is 1. The van der Waals surface area contributed by atoms with Gasteiger partial charge in [-0.3, -0.25) is 0 Å². The molecule has 0 aliphatic carbocycles. The van der Waals surface area contributed by atoms with E-state index in [2.05, 4.69) is 4.90 Å². The Morgan fingerprint density at radius 3 is 2.65 bits per heavy atom. The van der Waals surface area contributed by atoms with Crippen LogP contribution in [-0.4, -0.2) is 65.9 Å². The lowest BCUT2D eigenvalue weighted by Gasteiger charge is -2.40. The summed E-state index contributed by atoms with van der Waals surface area (Å²) >= 11 is 0. The first-order valence-corrected chi connectivity index (χ1v) is 7.65. The lowest BCUT2D eigenvalue weighted by Crippen LogP contribution is -2.46. The van der Waals surface area contributed by atoms with Crippen molar-refractivity contribution < 1.29 is 14.6 Å². The zero-order valence-corrected chi connectivity index (χ0v) is 13.0. The van der Waals surface area contributed by atoms with Gasteiger partial charge < -0.3 is 19.6 Å². The normalized spacial score (nSPS) is 28.1. The minimum Gasteiger partial charge on any atom is -0.444 e. The Morgan fingerprint density at radius 1 is 1.25 bits per heavy atom. The molecule has 0 aromatic heterocycles. The lowest BCUT2D eigenvalue weighted by atomic mass is 9.79. The van der Waals surface area contributed by atoms with Crippen LogP contribution in [0.15, 0.2) is 0 Å². The minimum absolute atomic E-state index is 0.186. The van der Waals surface area contributed by atoms with E-state index in [0.717, 1.165) is 45.6 Å². The number of ether oxygens (including phenoxy) is 1. The second-order valence-corrected chi connectivity index (χ2v) is 7.26. The van der Waals surface area contributed by atoms with Crippen molar-refractivity contribution in [2.24, 2.45) is 5.41 Å². The Morgan fingerprint density at radius 2 is 2.00 bits per heavy atom. The van der Waals surface area contributed by atoms with Crippen LogP contribution in [-0.2, 0) is 4.74 Å². The molecule has 5 nitrogen and oxygen atoms in total. The van der Waals surface area contributed by atoms with Crippen molar-refractivity contribution in [2.45, 2.75) is 45.6 Å². The number of carbonyl (C=O) groups excluding carboxylic acids is 1. The van der Waals surface area contributed by atoms with E-state index in [1.165, 1.54) is 6.42 Å². The molecular weight excluding hydrogens is 256 g/mol. The van der Waals surface area contributed by atoms with Crippen molar-refractivity contribution in [3.63, 3.8) is 0 Å². The summed E-state index contributed by atoms with van der Waals surface area (Å²) in [5, 5.41) is 9.09. The summed E-state index contributed by atoms with van der Waals surface area (Å²) in [6.07, 6.45) is 3.19. The number of likely N-dealkylation sites (tertiary alicyclic amines) is 2. The largest absolute Gasteiger partial charge is 0.444 e. The van der Waals surface area contributed by atoms with Crippen molar-refractivity contribution in [3.8, 4) is 0 Å². The molecule has 1 N–H and O–H groups in total. The molecule has 2 fully saturated rings. The summed E-state index contributed by atoms with van der Waals surface area (Å²) in [5.74, 6) is 0. The van der Waals surface area contributed by atoms with Gasteiger partial charge >= 0.3 is 6.09 Å². The summed E-state index contributed by atoms with van der Waals surface area (Å²) in [6, 6.07) is 0. The average molecular weight is 284 g/mol. The number of hydrogen-bond acceptors (Lipinski definition) is 4. The standard InChI is InChI=1S/C15H28N2O3/c1-14(2,3)20-13(19)17-8-6-15(12-17)5-4-7-16(11-15)9-10-18/h18H,4-12H2,1-3H3. The molecule has 2 heterocycles. The third kappa shape index (κ3) is 3.85. The third-order valence-electron chi connectivity index (χ3n) is 4.25. The van der Waals surface area contributed by atoms with Gasteiger partial charge in [0, 0.05) is 31.6 Å². The second-order valence-electron chi connectivity index (χ2n) is 7.26. The van der Waals surface area contributed by atoms with Crippen LogP contribution in [0, 0.1) is 5.41 Å². The molecule has 0 aromatic rings. The van der Waals surface area contributed by atoms with Gasteiger partial charge in [-0.15, -0.1) is 0 Å². The summed E-state index contributed by atoms with van der Waals surface area (Å²) in [4.78, 5) is 16.3. The molecule has 0 radical (unpaired) electrons. The Labute approximate surface area is 121 Å². The van der Waals surface area contributed by atoms with E-state index in [1.807, 2.05) is 25.7 Å². The predicted molar refractivity (Wildman–Crippen MR) is 77.6 cm³/mol. The van der Waals surface area contributed by atoms with Crippen molar-refractivity contribution >= 4 is 6.09 Å². The van der Waals surface area contributed by atoms with Crippen LogP contribution in [0.3, 0.4) is 0 Å². The van der Waals surface area contributed by atoms with Crippen molar-refractivity contribution in [1.82, 2.24) is 9.80 Å². The first kappa shape index (κ1) is 15.6. The fourth-order valence-electron chi connectivity index (χ4n) is 3.39. The molecule has 2 saturated heterocycles. The van der Waals surface area contributed by atoms with E-state index in [0.29, 0.717) is 0 Å². The number of nitrogens with zero attached hydrogens (tertiary/aromatic N) is 2. The van der Waals surface area contributed by atoms with E-state index >= 15 is 0 Å². The van der Waals surface area contributed by atoms with E-state index in [9.17, 15) is 4.79 Å². The van der Waals surface area contributed by atoms with Gasteiger partial charge in [0.1, 0.15) is 5.60 Å². The van der Waals surface area contributed by atoms with Gasteiger partial charge in [-0.1, -0.05) is 0 Å². The van der Waals surface area contributed by atoms with Crippen LogP contribution >= 0.6 is 0 Å². The quantitative estimate of drug-likeness (QED) is 0.838. The van der Waals surface area contributed by atoms with Gasteiger partial charge in [0.25, 0.3) is 0 Å². The Bertz CT molecular complexity index is 352. The average Bonchev–Trinajstić information content (AvgIpc) is 2.71. The smallest absolute Gasteiger partial charge is 0.410 e. The molecule has 2 rings (SSSR count). The highest BCUT2D eigenvalue weighted by molar-refractivity contribution is 5.68. The fourth-order valence-corrected chi connectivity index (χ4v) is 3.39. The molecule has 20 heavy (non-hydrogen) atoms. The van der Waals surface area contributed by atoms with E-state index in [-0.39, 0.29) is 18.1 Å². The van der Waals surface area contributed by atoms with Crippen LogP contribution in [0.25, 0.3) is 0 Å². The maximum atomic E-state index is 12.1. The molecule has 0 saturated carbocycles. The molecule has 0 aromatic carbocycles. The Balaban J connectivity index is 1.92. The first-order chi connectivity index (χ1) is 9.34. The van der Waals surface area contributed by atoms with E-state index < -0.39 is 5.60 Å². The van der Waals surface area contributed by atoms with E-state index in [1.54, 1.807) is 0 Å². The molecule has 1 unspecified atom stereocenters. The molecule has 2 aliphatic rings. The number of hydrogen-bond donors (Lipinski definition) is 1. The molecular formula is C15H28N2O3. The summed E-state index contributed by atoms with van der Waals surface area (Å²) in [6.45, 7) is 10.3. The van der Waals surface area contributed by atoms with Crippen molar-refractivity contribution in [2.75, 3.05) is 39.3 Å². The van der Waals surface area contributed by atoms with Gasteiger partial charge in [-0.05, 0) is 46.6 Å². The minimum atomic E-state index is -0.428. The molecule has 1 spiro atoms. The summed E-state index contributed by atoms with van der Waals surface area (Å²) < 4.78 is 5.46. The number of aliphatic hydroxyl groups excluding tert-OH is 1. The maximum absolute atomic E-state index is 12.1. The molecule has 116 valence electrons. The SMILES string of the molecule is CC(C)(C)OC(=O)N1CCC2(CCCN(CCO)C2)C1. The molecule has 0 bridgehead atoms. The van der Waals surface area contributed by atoms with Crippen LogP contribution < -0.4 is 0 Å². The highest BCUT2D eigenvalue weighted by Crippen LogP contribution is 2.39. The second kappa shape index (κ2) is 5.90. The third-order valence-corrected chi connectivity index (χ3v) is 4.25. The fraction of sp³-hybridized carbons (Fsp3) is 0.933. The molecule has 1 amide bonds. The first-order valence-electron chi connectivity index (χ1n) is 7.65. The zero-order chi connectivity index (χ0) is 14.8. The Hall–Kier alpha value is -0.810. The topological polar surface area (TPSA) is 53.0 Å². The maximum Gasteiger partial charge on any atom is 0.410 e. The lowest BCUT2D eigenvalue weighted by molar-refractivity contribution is 0.0231. The van der Waals surface area contributed by atoms with Gasteiger partial charge in [-0.25, -0.2) is 4.79 Å². The number of carbonyl (C=O) groups is 1. The van der Waals surface area contributed by atoms with Crippen LogP contribution in [0.4, 0.5) is 4.79 Å². The van der Waals surface area contributed by atoms with E-state index in [4.69, 9.17) is 9.84 Å². The number of rotatable bonds is 2. The summed E-state index contributed by atoms with van der Waals surface area (Å²) in [5.41, 5.74) is -0.216. The van der Waals surface area contributed by atoms with Gasteiger partial charge in [0.05, 0.1) is 6.61 Å². The van der Waals surface area contributed by atoms with Crippen molar-refractivity contribution in [1.29, 1.82) is 0 Å². The summed E-state index contributed by atoms with van der Waals surface area (Å²) in [7, 11) is 0. The number of amides is 1. The van der Waals surface area contributed by atoms with Gasteiger partial charge in [0.2, 0.25) is 0 Å². The molecule has 5 heteroatoms. The van der Waals surface area contributed by atoms with Gasteiger partial charge in [-0.2, -0.15) is 0 Å². The van der Waals surface area contributed by atoms with Crippen LogP contribution in [0.1, 0.15) is 40.0 Å². The van der Waals surface area contributed by atoms with Crippen LogP contribution in [0.2, 0.25) is 0 Å². The Kier molecular flexibility index (Phi) is 4.59. The monoisotopic (exact) mass is 284 g/mol. The van der Waals surface area contributed by atoms with Crippen LogP contribution in [0.5, 0.6) is 0 Å². The highest BCUT2D eigenvalue weighted by Gasteiger charge is 2.43. The number of β-amino-alcohol motifs (C(OH)–C–C–N with tert-alkyl or cyclic N) is 1.